The van der Waals surface area contributed by atoms with Crippen LogP contribution in [-0.4, -0.2) is 0 Å². The molecule has 0 bridgehead atoms. The van der Waals surface area contributed by atoms with Gasteiger partial charge in [0.05, 0.1) is 0 Å². The van der Waals surface area contributed by atoms with Gasteiger partial charge in [0.1, 0.15) is 18.2 Å². The molecule has 0 fully saturated rings. The molecular weight excluding hydrogens is 259 g/mol. The van der Waals surface area contributed by atoms with Crippen LogP contribution in [0, 0.1) is 12.7 Å². The van der Waals surface area contributed by atoms with Crippen molar-refractivity contribution in [3.63, 3.8) is 0 Å². The van der Waals surface area contributed by atoms with E-state index in [1.165, 1.54) is 6.07 Å². The Morgan fingerprint density at radius 2 is 2.00 bits per heavy atom. The van der Waals surface area contributed by atoms with Gasteiger partial charge in [0.15, 0.2) is 0 Å². The molecular formula is C16H13FOS. The lowest BCUT2D eigenvalue weighted by molar-refractivity contribution is 0.306. The number of hydrogen-bond acceptors (Lipinski definition) is 2. The zero-order valence-corrected chi connectivity index (χ0v) is 11.3. The summed E-state index contributed by atoms with van der Waals surface area (Å²) in [5.74, 6) is 0.699. The number of benzene rings is 2. The van der Waals surface area contributed by atoms with Crippen molar-refractivity contribution in [2.45, 2.75) is 13.5 Å². The Morgan fingerprint density at radius 3 is 2.84 bits per heavy atom. The van der Waals surface area contributed by atoms with Gasteiger partial charge in [0.2, 0.25) is 0 Å². The van der Waals surface area contributed by atoms with Gasteiger partial charge >= 0.3 is 0 Å². The highest BCUT2D eigenvalue weighted by atomic mass is 32.1. The highest BCUT2D eigenvalue weighted by molar-refractivity contribution is 7.17. The van der Waals surface area contributed by atoms with Gasteiger partial charge in [-0.15, -0.1) is 11.3 Å². The van der Waals surface area contributed by atoms with Gasteiger partial charge in [-0.1, -0.05) is 24.3 Å². The quantitative estimate of drug-likeness (QED) is 0.657. The fourth-order valence-corrected chi connectivity index (χ4v) is 3.01. The number of hydrogen-bond donors (Lipinski definition) is 0. The van der Waals surface area contributed by atoms with Crippen molar-refractivity contribution in [1.82, 2.24) is 0 Å². The largest absolute Gasteiger partial charge is 0.489 e. The Kier molecular flexibility index (Phi) is 3.22. The Labute approximate surface area is 115 Å². The summed E-state index contributed by atoms with van der Waals surface area (Å²) in [6.07, 6.45) is 0. The minimum atomic E-state index is -0.194. The van der Waals surface area contributed by atoms with E-state index in [1.54, 1.807) is 17.4 Å². The molecule has 3 aromatic rings. The minimum Gasteiger partial charge on any atom is -0.489 e. The average Bonchev–Trinajstić information content (AvgIpc) is 2.80. The molecule has 0 unspecified atom stereocenters. The van der Waals surface area contributed by atoms with Crippen molar-refractivity contribution in [2.75, 3.05) is 0 Å². The van der Waals surface area contributed by atoms with E-state index < -0.39 is 0 Å². The molecule has 0 saturated carbocycles. The van der Waals surface area contributed by atoms with Crippen LogP contribution in [0.25, 0.3) is 10.1 Å². The van der Waals surface area contributed by atoms with Crippen LogP contribution in [0.5, 0.6) is 5.75 Å². The Balaban J connectivity index is 1.84. The molecule has 3 heteroatoms. The first-order valence-electron chi connectivity index (χ1n) is 6.08. The zero-order valence-electron chi connectivity index (χ0n) is 10.5. The fraction of sp³-hybridized carbons (Fsp3) is 0.125. The van der Waals surface area contributed by atoms with E-state index in [2.05, 4.69) is 0 Å². The molecule has 0 radical (unpaired) electrons. The van der Waals surface area contributed by atoms with Crippen molar-refractivity contribution < 1.29 is 9.13 Å². The Hall–Kier alpha value is -1.87. The van der Waals surface area contributed by atoms with E-state index in [-0.39, 0.29) is 5.82 Å². The standard InChI is InChI=1S/C16H13FOS/c1-11-4-2-3-5-15(11)18-9-12-10-19-16-8-13(17)6-7-14(12)16/h2-8,10H,9H2,1H3. The first-order valence-corrected chi connectivity index (χ1v) is 6.96. The summed E-state index contributed by atoms with van der Waals surface area (Å²) in [4.78, 5) is 0. The number of ether oxygens (including phenoxy) is 1. The molecule has 1 aromatic heterocycles. The molecule has 0 atom stereocenters. The Morgan fingerprint density at radius 1 is 1.16 bits per heavy atom. The van der Waals surface area contributed by atoms with Crippen LogP contribution in [0.4, 0.5) is 4.39 Å². The molecule has 0 N–H and O–H groups in total. The monoisotopic (exact) mass is 272 g/mol. The summed E-state index contributed by atoms with van der Waals surface area (Å²) in [6.45, 7) is 2.53. The molecule has 2 aromatic carbocycles. The third-order valence-corrected chi connectivity index (χ3v) is 4.09. The van der Waals surface area contributed by atoms with Gasteiger partial charge in [-0.05, 0) is 41.5 Å². The molecule has 19 heavy (non-hydrogen) atoms. The third-order valence-electron chi connectivity index (χ3n) is 3.09. The smallest absolute Gasteiger partial charge is 0.124 e. The van der Waals surface area contributed by atoms with Crippen LogP contribution in [0.15, 0.2) is 47.8 Å². The molecule has 0 aliphatic carbocycles. The molecule has 0 spiro atoms. The molecule has 1 heterocycles. The number of rotatable bonds is 3. The zero-order chi connectivity index (χ0) is 13.2. The lowest BCUT2D eigenvalue weighted by Gasteiger charge is -2.08. The molecule has 0 amide bonds. The molecule has 3 rings (SSSR count). The summed E-state index contributed by atoms with van der Waals surface area (Å²) < 4.78 is 19.9. The first kappa shape index (κ1) is 12.2. The highest BCUT2D eigenvalue weighted by Crippen LogP contribution is 2.28. The summed E-state index contributed by atoms with van der Waals surface area (Å²) in [5, 5.41) is 3.10. The second-order valence-electron chi connectivity index (χ2n) is 4.46. The van der Waals surface area contributed by atoms with Gasteiger partial charge in [0.25, 0.3) is 0 Å². The number of thiophene rings is 1. The molecule has 96 valence electrons. The lowest BCUT2D eigenvalue weighted by Crippen LogP contribution is -1.95. The second-order valence-corrected chi connectivity index (χ2v) is 5.37. The SMILES string of the molecule is Cc1ccccc1OCc1csc2cc(F)ccc12. The molecule has 1 nitrogen and oxygen atoms in total. The van der Waals surface area contributed by atoms with E-state index >= 15 is 0 Å². The van der Waals surface area contributed by atoms with Crippen molar-refractivity contribution in [3.05, 3.63) is 64.8 Å². The number of aryl methyl sites for hydroxylation is 1. The molecule has 0 aliphatic heterocycles. The summed E-state index contributed by atoms with van der Waals surface area (Å²) in [5.41, 5.74) is 2.22. The number of para-hydroxylation sites is 1. The van der Waals surface area contributed by atoms with Crippen LogP contribution < -0.4 is 4.74 Å². The Bertz CT molecular complexity index is 718. The highest BCUT2D eigenvalue weighted by Gasteiger charge is 2.06. The van der Waals surface area contributed by atoms with Gasteiger partial charge < -0.3 is 4.74 Å². The average molecular weight is 272 g/mol. The third kappa shape index (κ3) is 2.47. The van der Waals surface area contributed by atoms with Crippen molar-refractivity contribution in [2.24, 2.45) is 0 Å². The predicted octanol–water partition coefficient (Wildman–Crippen LogP) is 4.93. The van der Waals surface area contributed by atoms with E-state index in [4.69, 9.17) is 4.74 Å². The van der Waals surface area contributed by atoms with E-state index in [0.717, 1.165) is 27.0 Å². The van der Waals surface area contributed by atoms with Gasteiger partial charge in [-0.25, -0.2) is 4.39 Å². The van der Waals surface area contributed by atoms with Crippen LogP contribution in [-0.2, 0) is 6.61 Å². The van der Waals surface area contributed by atoms with Crippen LogP contribution in [0.1, 0.15) is 11.1 Å². The first-order chi connectivity index (χ1) is 9.24. The maximum Gasteiger partial charge on any atom is 0.124 e. The number of fused-ring (bicyclic) bond motifs is 1. The van der Waals surface area contributed by atoms with Crippen molar-refractivity contribution in [1.29, 1.82) is 0 Å². The second kappa shape index (κ2) is 5.02. The van der Waals surface area contributed by atoms with E-state index in [1.807, 2.05) is 42.6 Å². The molecule has 0 aliphatic rings. The normalized spacial score (nSPS) is 10.8. The lowest BCUT2D eigenvalue weighted by atomic mass is 10.2. The summed E-state index contributed by atoms with van der Waals surface area (Å²) in [6, 6.07) is 12.8. The van der Waals surface area contributed by atoms with E-state index in [0.29, 0.717) is 6.61 Å². The van der Waals surface area contributed by atoms with Crippen LogP contribution in [0.3, 0.4) is 0 Å². The van der Waals surface area contributed by atoms with Crippen molar-refractivity contribution in [3.8, 4) is 5.75 Å². The van der Waals surface area contributed by atoms with Gasteiger partial charge in [-0.3, -0.25) is 0 Å². The minimum absolute atomic E-state index is 0.194. The van der Waals surface area contributed by atoms with E-state index in [9.17, 15) is 4.39 Å². The fourth-order valence-electron chi connectivity index (χ4n) is 2.04. The molecule has 0 saturated heterocycles. The van der Waals surface area contributed by atoms with Crippen LogP contribution >= 0.6 is 11.3 Å². The van der Waals surface area contributed by atoms with Crippen LogP contribution in [0.2, 0.25) is 0 Å². The van der Waals surface area contributed by atoms with Gasteiger partial charge in [0, 0.05) is 10.3 Å². The summed E-state index contributed by atoms with van der Waals surface area (Å²) in [7, 11) is 0. The topological polar surface area (TPSA) is 9.23 Å². The maximum absolute atomic E-state index is 13.1. The summed E-state index contributed by atoms with van der Waals surface area (Å²) >= 11 is 1.55. The predicted molar refractivity (Wildman–Crippen MR) is 77.3 cm³/mol. The maximum atomic E-state index is 13.1. The van der Waals surface area contributed by atoms with Crippen molar-refractivity contribution >= 4 is 21.4 Å². The number of halogens is 1. The van der Waals surface area contributed by atoms with Gasteiger partial charge in [-0.2, -0.15) is 0 Å².